The molecule has 0 aliphatic carbocycles. The van der Waals surface area contributed by atoms with E-state index in [0.29, 0.717) is 10.6 Å². The predicted octanol–water partition coefficient (Wildman–Crippen LogP) is 6.62. The molecule has 0 aliphatic heterocycles. The Morgan fingerprint density at radius 1 is 1.12 bits per heavy atom. The van der Waals surface area contributed by atoms with Crippen LogP contribution in [0.2, 0.25) is 0 Å². The zero-order valence-corrected chi connectivity index (χ0v) is 19.7. The molecular formula is C24H19N2O3PS2. The first-order valence-electron chi connectivity index (χ1n) is 9.68. The van der Waals surface area contributed by atoms with Crippen LogP contribution < -0.4 is 4.74 Å². The van der Waals surface area contributed by atoms with Crippen LogP contribution in [0, 0.1) is 11.3 Å². The second-order valence-corrected chi connectivity index (χ2v) is 10.5. The van der Waals surface area contributed by atoms with E-state index in [4.69, 9.17) is 9.72 Å². The Bertz CT molecular complexity index is 1270. The van der Waals surface area contributed by atoms with Crippen LogP contribution in [0.3, 0.4) is 0 Å². The number of hydrogen-bond acceptors (Lipinski definition) is 6. The third kappa shape index (κ3) is 4.79. The van der Waals surface area contributed by atoms with Gasteiger partial charge in [0, 0.05) is 5.56 Å². The lowest BCUT2D eigenvalue weighted by Crippen LogP contribution is -1.98. The number of ether oxygens (including phenoxy) is 1. The average molecular weight is 479 g/mol. The number of methoxy groups -OCH3 is 1. The van der Waals surface area contributed by atoms with Gasteiger partial charge in [0.05, 0.1) is 23.2 Å². The van der Waals surface area contributed by atoms with Crippen molar-refractivity contribution < 1.29 is 14.2 Å². The van der Waals surface area contributed by atoms with Crippen molar-refractivity contribution in [3.8, 4) is 33.5 Å². The molecule has 5 nitrogen and oxygen atoms in total. The van der Waals surface area contributed by atoms with Crippen LogP contribution in [-0.4, -0.2) is 17.0 Å². The van der Waals surface area contributed by atoms with Crippen molar-refractivity contribution in [1.29, 1.82) is 5.26 Å². The van der Waals surface area contributed by atoms with Crippen LogP contribution in [0.1, 0.15) is 16.1 Å². The van der Waals surface area contributed by atoms with Gasteiger partial charge in [0.2, 0.25) is 8.03 Å². The van der Waals surface area contributed by atoms with Gasteiger partial charge < -0.3 is 9.63 Å². The zero-order valence-electron chi connectivity index (χ0n) is 17.1. The SMILES string of the molecule is COc1ccc(-c2cc(-c3cccs3)nc(SC(c3ccccc3)[PH](=O)O)c2C#N)cc1. The minimum Gasteiger partial charge on any atom is -0.497 e. The Morgan fingerprint density at radius 3 is 2.47 bits per heavy atom. The van der Waals surface area contributed by atoms with Gasteiger partial charge in [-0.25, -0.2) is 4.98 Å². The highest BCUT2D eigenvalue weighted by atomic mass is 32.2. The number of benzene rings is 2. The molecule has 2 unspecified atom stereocenters. The molecule has 2 heterocycles. The molecule has 0 radical (unpaired) electrons. The molecule has 0 amide bonds. The highest BCUT2D eigenvalue weighted by Gasteiger charge is 2.24. The van der Waals surface area contributed by atoms with Crippen LogP contribution in [0.15, 0.2) is 83.2 Å². The van der Waals surface area contributed by atoms with Gasteiger partial charge in [-0.3, -0.25) is 4.57 Å². The molecule has 4 rings (SSSR count). The smallest absolute Gasteiger partial charge is 0.206 e. The molecule has 1 N–H and O–H groups in total. The summed E-state index contributed by atoms with van der Waals surface area (Å²) in [5.74, 6) is 0.720. The number of hydrogen-bond donors (Lipinski definition) is 1. The molecule has 160 valence electrons. The summed E-state index contributed by atoms with van der Waals surface area (Å²) in [5, 5.41) is 12.4. The molecule has 2 atom stereocenters. The van der Waals surface area contributed by atoms with Crippen molar-refractivity contribution >= 4 is 31.1 Å². The van der Waals surface area contributed by atoms with E-state index >= 15 is 0 Å². The molecule has 2 aromatic carbocycles. The second kappa shape index (κ2) is 10.2. The predicted molar refractivity (Wildman–Crippen MR) is 131 cm³/mol. The Balaban J connectivity index is 1.87. The normalized spacial score (nSPS) is 12.7. The van der Waals surface area contributed by atoms with Crippen LogP contribution in [0.5, 0.6) is 5.75 Å². The molecule has 0 saturated heterocycles. The third-order valence-electron chi connectivity index (χ3n) is 4.83. The maximum atomic E-state index is 12.3. The van der Waals surface area contributed by atoms with Crippen LogP contribution in [0.4, 0.5) is 0 Å². The largest absolute Gasteiger partial charge is 0.497 e. The van der Waals surface area contributed by atoms with Crippen molar-refractivity contribution in [3.63, 3.8) is 0 Å². The number of pyridine rings is 1. The summed E-state index contributed by atoms with van der Waals surface area (Å²) in [6.07, 6.45) is 0. The first-order valence-corrected chi connectivity index (χ1v) is 12.9. The summed E-state index contributed by atoms with van der Waals surface area (Å²) in [7, 11) is -1.35. The summed E-state index contributed by atoms with van der Waals surface area (Å²) in [4.78, 5) is 15.1. The Hall–Kier alpha value is -2.88. The maximum absolute atomic E-state index is 12.3. The van der Waals surface area contributed by atoms with Gasteiger partial charge >= 0.3 is 0 Å². The first-order chi connectivity index (χ1) is 15.6. The number of thiophene rings is 1. The Labute approximate surface area is 195 Å². The summed E-state index contributed by atoms with van der Waals surface area (Å²) in [6, 6.07) is 24.7. The lowest BCUT2D eigenvalue weighted by molar-refractivity contribution is 0.415. The molecule has 32 heavy (non-hydrogen) atoms. The van der Waals surface area contributed by atoms with E-state index in [1.54, 1.807) is 18.4 Å². The number of nitriles is 1. The van der Waals surface area contributed by atoms with Crippen LogP contribution in [0.25, 0.3) is 21.7 Å². The van der Waals surface area contributed by atoms with Crippen LogP contribution in [-0.2, 0) is 4.57 Å². The van der Waals surface area contributed by atoms with Gasteiger partial charge in [-0.1, -0.05) is 60.3 Å². The maximum Gasteiger partial charge on any atom is 0.206 e. The van der Waals surface area contributed by atoms with Gasteiger partial charge in [-0.2, -0.15) is 5.26 Å². The molecule has 0 bridgehead atoms. The fourth-order valence-electron chi connectivity index (χ4n) is 3.26. The second-order valence-electron chi connectivity index (χ2n) is 6.80. The average Bonchev–Trinajstić information content (AvgIpc) is 3.37. The van der Waals surface area contributed by atoms with Gasteiger partial charge in [0.25, 0.3) is 0 Å². The lowest BCUT2D eigenvalue weighted by atomic mass is 10.0. The first kappa shape index (κ1) is 22.3. The Morgan fingerprint density at radius 2 is 1.88 bits per heavy atom. The van der Waals surface area contributed by atoms with Crippen molar-refractivity contribution in [3.05, 3.63) is 89.3 Å². The molecule has 8 heteroatoms. The molecule has 4 aromatic rings. The fraction of sp³-hybridized carbons (Fsp3) is 0.0833. The standard InChI is InChI=1S/C24H19N2O3PS2/c1-29-18-11-9-16(10-12-18)19-14-21(22-8-5-13-31-22)26-23(20(19)15-25)32-24(30(27)28)17-6-3-2-4-7-17/h2-14,24,30H,1H3,(H,27,28). The van der Waals surface area contributed by atoms with Gasteiger partial charge in [0.1, 0.15) is 21.8 Å². The third-order valence-corrected chi connectivity index (χ3v) is 8.49. The van der Waals surface area contributed by atoms with Crippen molar-refractivity contribution in [2.45, 2.75) is 10.0 Å². The van der Waals surface area contributed by atoms with Crippen molar-refractivity contribution in [2.24, 2.45) is 0 Å². The molecule has 2 aromatic heterocycles. The highest BCUT2D eigenvalue weighted by Crippen LogP contribution is 2.51. The molecule has 0 aliphatic rings. The summed E-state index contributed by atoms with van der Waals surface area (Å²) < 4.78 is 17.5. The molecular weight excluding hydrogens is 459 g/mol. The monoisotopic (exact) mass is 478 g/mol. The number of rotatable bonds is 7. The topological polar surface area (TPSA) is 83.2 Å². The number of aromatic nitrogens is 1. The fourth-order valence-corrected chi connectivity index (χ4v) is 6.11. The van der Waals surface area contributed by atoms with Gasteiger partial charge in [-0.15, -0.1) is 11.3 Å². The van der Waals surface area contributed by atoms with Crippen molar-refractivity contribution in [2.75, 3.05) is 7.11 Å². The minimum absolute atomic E-state index is 0.379. The van der Waals surface area contributed by atoms with Gasteiger partial charge in [0.15, 0.2) is 0 Å². The zero-order chi connectivity index (χ0) is 22.5. The molecule has 0 spiro atoms. The van der Waals surface area contributed by atoms with E-state index in [9.17, 15) is 14.7 Å². The lowest BCUT2D eigenvalue weighted by Gasteiger charge is -2.17. The Kier molecular flexibility index (Phi) is 7.09. The highest BCUT2D eigenvalue weighted by molar-refractivity contribution is 8.03. The summed E-state index contributed by atoms with van der Waals surface area (Å²) >= 11 is 2.71. The molecule has 0 fully saturated rings. The van der Waals surface area contributed by atoms with E-state index in [-0.39, 0.29) is 0 Å². The van der Waals surface area contributed by atoms with Crippen molar-refractivity contribution in [1.82, 2.24) is 4.98 Å². The van der Waals surface area contributed by atoms with E-state index in [0.717, 1.165) is 44.8 Å². The molecule has 0 saturated carbocycles. The van der Waals surface area contributed by atoms with E-state index in [2.05, 4.69) is 6.07 Å². The van der Waals surface area contributed by atoms with E-state index in [1.165, 1.54) is 0 Å². The van der Waals surface area contributed by atoms with Gasteiger partial charge in [-0.05, 0) is 40.8 Å². The number of nitrogens with zero attached hydrogens (tertiary/aromatic N) is 2. The summed E-state index contributed by atoms with van der Waals surface area (Å²) in [6.45, 7) is 0. The minimum atomic E-state index is -2.95. The van der Waals surface area contributed by atoms with E-state index in [1.807, 2.05) is 78.2 Å². The number of thioether (sulfide) groups is 1. The summed E-state index contributed by atoms with van der Waals surface area (Å²) in [5.41, 5.74) is 3.39. The van der Waals surface area contributed by atoms with E-state index < -0.39 is 13.0 Å². The quantitative estimate of drug-likeness (QED) is 0.238. The van der Waals surface area contributed by atoms with Crippen LogP contribution >= 0.6 is 31.1 Å².